The Labute approximate surface area is 140 Å². The maximum atomic E-state index is 12.5. The summed E-state index contributed by atoms with van der Waals surface area (Å²) < 4.78 is 3.09. The first-order valence-corrected chi connectivity index (χ1v) is 7.80. The van der Waals surface area contributed by atoms with Gasteiger partial charge in [0, 0.05) is 20.6 Å². The van der Waals surface area contributed by atoms with Crippen molar-refractivity contribution in [1.29, 1.82) is 0 Å². The van der Waals surface area contributed by atoms with Crippen LogP contribution in [0.25, 0.3) is 0 Å². The molecule has 2 aromatic heterocycles. The number of nitrogens with zero attached hydrogens (tertiary/aromatic N) is 4. The number of rotatable bonds is 6. The maximum absolute atomic E-state index is 12.5. The van der Waals surface area contributed by atoms with E-state index in [1.807, 2.05) is 13.8 Å². The van der Waals surface area contributed by atoms with Crippen molar-refractivity contribution in [3.05, 3.63) is 23.8 Å². The standard InChI is InChI=1S/C15H23N7O2/c1-5-6-7-16-15(24)20-12-9-18-22(4)13(12)14(23)19-11-8-17-21(3)10(11)2/h8-9H,5-7H2,1-4H3,(H,19,23)(H2,16,20,24). The summed E-state index contributed by atoms with van der Waals surface area (Å²) >= 11 is 0. The lowest BCUT2D eigenvalue weighted by Gasteiger charge is -2.09. The molecule has 3 N–H and O–H groups in total. The topological polar surface area (TPSA) is 106 Å². The van der Waals surface area contributed by atoms with Crippen molar-refractivity contribution < 1.29 is 9.59 Å². The van der Waals surface area contributed by atoms with Crippen LogP contribution in [-0.2, 0) is 14.1 Å². The third-order valence-electron chi connectivity index (χ3n) is 3.70. The van der Waals surface area contributed by atoms with Gasteiger partial charge in [0.25, 0.3) is 5.91 Å². The number of carbonyl (C=O) groups excluding carboxylic acids is 2. The monoisotopic (exact) mass is 333 g/mol. The van der Waals surface area contributed by atoms with Crippen LogP contribution >= 0.6 is 0 Å². The van der Waals surface area contributed by atoms with Crippen molar-refractivity contribution in [3.63, 3.8) is 0 Å². The second-order valence-corrected chi connectivity index (χ2v) is 5.49. The molecule has 0 spiro atoms. The third-order valence-corrected chi connectivity index (χ3v) is 3.70. The number of carbonyl (C=O) groups is 2. The Balaban J connectivity index is 2.09. The molecule has 9 nitrogen and oxygen atoms in total. The van der Waals surface area contributed by atoms with Gasteiger partial charge in [-0.25, -0.2) is 4.79 Å². The number of aryl methyl sites for hydroxylation is 2. The molecule has 0 saturated heterocycles. The van der Waals surface area contributed by atoms with Crippen LogP contribution in [0.3, 0.4) is 0 Å². The zero-order valence-electron chi connectivity index (χ0n) is 14.4. The lowest BCUT2D eigenvalue weighted by Crippen LogP contribution is -2.30. The van der Waals surface area contributed by atoms with E-state index in [4.69, 9.17) is 0 Å². The van der Waals surface area contributed by atoms with Gasteiger partial charge in [0.1, 0.15) is 5.69 Å². The molecule has 0 radical (unpaired) electrons. The molecule has 0 aliphatic heterocycles. The maximum Gasteiger partial charge on any atom is 0.319 e. The van der Waals surface area contributed by atoms with Crippen LogP contribution in [0.15, 0.2) is 12.4 Å². The number of aromatic nitrogens is 4. The van der Waals surface area contributed by atoms with Crippen molar-refractivity contribution in [1.82, 2.24) is 24.9 Å². The summed E-state index contributed by atoms with van der Waals surface area (Å²) in [6, 6.07) is -0.358. The molecule has 24 heavy (non-hydrogen) atoms. The molecule has 0 aliphatic rings. The Kier molecular flexibility index (Phi) is 5.56. The Bertz CT molecular complexity index is 732. The Morgan fingerprint density at radius 3 is 2.38 bits per heavy atom. The minimum absolute atomic E-state index is 0.267. The summed E-state index contributed by atoms with van der Waals surface area (Å²) in [5.74, 6) is -0.366. The second-order valence-electron chi connectivity index (χ2n) is 5.49. The molecule has 0 atom stereocenters. The Morgan fingerprint density at radius 2 is 1.75 bits per heavy atom. The fourth-order valence-electron chi connectivity index (χ4n) is 2.15. The zero-order chi connectivity index (χ0) is 17.7. The van der Waals surface area contributed by atoms with Gasteiger partial charge in [-0.15, -0.1) is 0 Å². The second kappa shape index (κ2) is 7.62. The van der Waals surface area contributed by atoms with E-state index < -0.39 is 0 Å². The van der Waals surface area contributed by atoms with Gasteiger partial charge in [0.05, 0.1) is 29.5 Å². The first-order chi connectivity index (χ1) is 11.4. The minimum Gasteiger partial charge on any atom is -0.338 e. The highest BCUT2D eigenvalue weighted by atomic mass is 16.2. The van der Waals surface area contributed by atoms with E-state index in [0.717, 1.165) is 18.5 Å². The highest BCUT2D eigenvalue weighted by Crippen LogP contribution is 2.18. The first-order valence-electron chi connectivity index (χ1n) is 7.80. The van der Waals surface area contributed by atoms with Gasteiger partial charge >= 0.3 is 6.03 Å². The number of anilines is 2. The quantitative estimate of drug-likeness (QED) is 0.699. The number of nitrogens with one attached hydrogen (secondary N) is 3. The summed E-state index contributed by atoms with van der Waals surface area (Å²) in [4.78, 5) is 24.4. The van der Waals surface area contributed by atoms with Crippen molar-refractivity contribution in [2.24, 2.45) is 14.1 Å². The smallest absolute Gasteiger partial charge is 0.319 e. The van der Waals surface area contributed by atoms with Crippen molar-refractivity contribution in [3.8, 4) is 0 Å². The number of amides is 3. The predicted octanol–water partition coefficient (Wildman–Crippen LogP) is 1.64. The van der Waals surface area contributed by atoms with Crippen LogP contribution in [0.2, 0.25) is 0 Å². The third kappa shape index (κ3) is 3.92. The first kappa shape index (κ1) is 17.5. The fourth-order valence-corrected chi connectivity index (χ4v) is 2.15. The van der Waals surface area contributed by atoms with Gasteiger partial charge in [0.15, 0.2) is 0 Å². The number of hydrogen-bond donors (Lipinski definition) is 3. The highest BCUT2D eigenvalue weighted by molar-refractivity contribution is 6.08. The van der Waals surface area contributed by atoms with Crippen molar-refractivity contribution >= 4 is 23.3 Å². The molecule has 0 saturated carbocycles. The fraction of sp³-hybridized carbons (Fsp3) is 0.467. The van der Waals surface area contributed by atoms with Crippen molar-refractivity contribution in [2.75, 3.05) is 17.2 Å². The molecule has 0 aliphatic carbocycles. The predicted molar refractivity (Wildman–Crippen MR) is 91.0 cm³/mol. The van der Waals surface area contributed by atoms with Crippen LogP contribution in [0.1, 0.15) is 35.9 Å². The van der Waals surface area contributed by atoms with Crippen LogP contribution in [-0.4, -0.2) is 38.0 Å². The zero-order valence-corrected chi connectivity index (χ0v) is 14.4. The summed E-state index contributed by atoms with van der Waals surface area (Å²) in [7, 11) is 3.44. The van der Waals surface area contributed by atoms with Gasteiger partial charge in [-0.2, -0.15) is 10.2 Å². The molecule has 0 aromatic carbocycles. The molecule has 0 bridgehead atoms. The molecule has 2 heterocycles. The largest absolute Gasteiger partial charge is 0.338 e. The minimum atomic E-state index is -0.366. The van der Waals surface area contributed by atoms with Crippen LogP contribution in [0.5, 0.6) is 0 Å². The summed E-state index contributed by atoms with van der Waals surface area (Å²) in [6.07, 6.45) is 4.91. The number of hydrogen-bond acceptors (Lipinski definition) is 4. The number of urea groups is 1. The highest BCUT2D eigenvalue weighted by Gasteiger charge is 2.20. The molecule has 0 unspecified atom stereocenters. The van der Waals surface area contributed by atoms with Crippen molar-refractivity contribution in [2.45, 2.75) is 26.7 Å². The van der Waals surface area contributed by atoms with Gasteiger partial charge in [0.2, 0.25) is 0 Å². The van der Waals surface area contributed by atoms with E-state index in [9.17, 15) is 9.59 Å². The van der Waals surface area contributed by atoms with E-state index in [0.29, 0.717) is 17.9 Å². The average molecular weight is 333 g/mol. The molecule has 3 amide bonds. The molecule has 130 valence electrons. The van der Waals surface area contributed by atoms with Crippen LogP contribution < -0.4 is 16.0 Å². The van der Waals surface area contributed by atoms with E-state index in [2.05, 4.69) is 26.1 Å². The molecule has 2 aromatic rings. The van der Waals surface area contributed by atoms with Gasteiger partial charge in [-0.05, 0) is 13.3 Å². The summed E-state index contributed by atoms with van der Waals surface area (Å²) in [5.41, 5.74) is 2.06. The normalized spacial score (nSPS) is 10.5. The number of unbranched alkanes of at least 4 members (excludes halogenated alkanes) is 1. The van der Waals surface area contributed by atoms with E-state index in [1.54, 1.807) is 25.0 Å². The SMILES string of the molecule is CCCCNC(=O)Nc1cnn(C)c1C(=O)Nc1cnn(C)c1C. The summed E-state index contributed by atoms with van der Waals surface area (Å²) in [5, 5.41) is 16.3. The molecule has 0 fully saturated rings. The lowest BCUT2D eigenvalue weighted by atomic mass is 10.3. The van der Waals surface area contributed by atoms with Crippen LogP contribution in [0, 0.1) is 6.92 Å². The average Bonchev–Trinajstić information content (AvgIpc) is 3.04. The van der Waals surface area contributed by atoms with Gasteiger partial charge in [-0.1, -0.05) is 13.3 Å². The van der Waals surface area contributed by atoms with E-state index >= 15 is 0 Å². The van der Waals surface area contributed by atoms with Gasteiger partial charge < -0.3 is 16.0 Å². The Hall–Kier alpha value is -2.84. The van der Waals surface area contributed by atoms with E-state index in [-0.39, 0.29) is 17.6 Å². The lowest BCUT2D eigenvalue weighted by molar-refractivity contribution is 0.101. The van der Waals surface area contributed by atoms with E-state index in [1.165, 1.54) is 10.9 Å². The molecule has 2 rings (SSSR count). The molecular formula is C15H23N7O2. The molecule has 9 heteroatoms. The van der Waals surface area contributed by atoms with Crippen LogP contribution in [0.4, 0.5) is 16.2 Å². The van der Waals surface area contributed by atoms with Gasteiger partial charge in [-0.3, -0.25) is 14.2 Å². The molecular weight excluding hydrogens is 310 g/mol. The summed E-state index contributed by atoms with van der Waals surface area (Å²) in [6.45, 7) is 4.48. The Morgan fingerprint density at radius 1 is 1.08 bits per heavy atom.